The fourth-order valence-electron chi connectivity index (χ4n) is 6.19. The number of fused-ring (bicyclic) bond motifs is 1. The SMILES string of the molecule is COC(=O)N(OC(=O)C(F)(F)F)c1ccc(S(=O)(=O)C(C)C)c([C@H]2CCCN2C(=O)[C@H](Nc2ccc3c(N)nccc3c2)c2cc(OC)c(OC)cc2F)c1. The number of nitrogens with zero attached hydrogens (tertiary/aromatic N) is 3. The lowest BCUT2D eigenvalue weighted by atomic mass is 10.00. The quantitative estimate of drug-likeness (QED) is 0.136. The number of methoxy groups -OCH3 is 3. The number of alkyl halides is 3. The van der Waals surface area contributed by atoms with Gasteiger partial charge in [0.15, 0.2) is 21.3 Å². The minimum Gasteiger partial charge on any atom is -0.493 e. The van der Waals surface area contributed by atoms with Gasteiger partial charge in [-0.25, -0.2) is 27.4 Å². The van der Waals surface area contributed by atoms with E-state index in [9.17, 15) is 36.0 Å². The van der Waals surface area contributed by atoms with Crippen molar-refractivity contribution in [2.45, 2.75) is 55.1 Å². The fraction of sp³-hybridized carbons (Fsp3) is 0.333. The van der Waals surface area contributed by atoms with E-state index < -0.39 is 62.8 Å². The summed E-state index contributed by atoms with van der Waals surface area (Å²) >= 11 is 0. The molecule has 1 aliphatic heterocycles. The van der Waals surface area contributed by atoms with Crippen molar-refractivity contribution in [3.8, 4) is 11.5 Å². The smallest absolute Gasteiger partial charge is 0.493 e. The average Bonchev–Trinajstić information content (AvgIpc) is 3.65. The minimum absolute atomic E-state index is 0.0334. The molecule has 0 unspecified atom stereocenters. The number of sulfone groups is 1. The van der Waals surface area contributed by atoms with Crippen LogP contribution in [-0.2, 0) is 29.0 Å². The Bertz CT molecular complexity index is 2240. The molecule has 2 amide bonds. The maximum absolute atomic E-state index is 16.0. The first-order valence-electron chi connectivity index (χ1n) is 16.6. The van der Waals surface area contributed by atoms with Gasteiger partial charge in [-0.2, -0.15) is 13.2 Å². The third-order valence-electron chi connectivity index (χ3n) is 8.96. The number of nitrogen functional groups attached to an aromatic ring is 1. The predicted octanol–water partition coefficient (Wildman–Crippen LogP) is 6.27. The first-order valence-corrected chi connectivity index (χ1v) is 18.1. The number of aromatic nitrogens is 1. The Balaban J connectivity index is 1.66. The summed E-state index contributed by atoms with van der Waals surface area (Å²) < 4.78 is 98.3. The van der Waals surface area contributed by atoms with Crippen LogP contribution in [0.3, 0.4) is 0 Å². The number of carbonyl (C=O) groups is 3. The molecular weight excluding hydrogens is 754 g/mol. The number of pyridine rings is 1. The molecule has 0 saturated carbocycles. The molecule has 5 rings (SSSR count). The van der Waals surface area contributed by atoms with E-state index in [-0.39, 0.29) is 51.4 Å². The molecule has 0 spiro atoms. The van der Waals surface area contributed by atoms with Gasteiger partial charge in [-0.15, -0.1) is 5.06 Å². The number of hydroxylamine groups is 1. The van der Waals surface area contributed by atoms with E-state index in [1.165, 1.54) is 45.2 Å². The molecule has 1 aliphatic rings. The van der Waals surface area contributed by atoms with Gasteiger partial charge in [0, 0.05) is 35.4 Å². The van der Waals surface area contributed by atoms with Gasteiger partial charge in [-0.1, -0.05) is 0 Å². The van der Waals surface area contributed by atoms with Crippen LogP contribution < -0.4 is 25.6 Å². The number of rotatable bonds is 10. The van der Waals surface area contributed by atoms with Crippen LogP contribution in [0, 0.1) is 5.82 Å². The largest absolute Gasteiger partial charge is 0.493 e. The van der Waals surface area contributed by atoms with Gasteiger partial charge < -0.3 is 35.0 Å². The summed E-state index contributed by atoms with van der Waals surface area (Å²) in [5.41, 5.74) is 5.62. The standard InChI is InChI=1S/C36H37F4N5O9S/c1-19(2)55(49,50)30-11-9-22(45(35(48)53-5)54-34(47)36(38,39)40)16-25(30)27-7-6-14-44(27)33(46)31(24-17-28(51-3)29(52-4)18-26(24)37)43-21-8-10-23-20(15-21)12-13-42-32(23)41/h8-13,15-19,27,31,43H,6-7,14H2,1-5H3,(H2,41,42)/t27-,31-/m1/s1. The van der Waals surface area contributed by atoms with Crippen molar-refractivity contribution in [2.24, 2.45) is 0 Å². The molecule has 3 aromatic carbocycles. The van der Waals surface area contributed by atoms with Crippen molar-refractivity contribution in [3.63, 3.8) is 0 Å². The molecule has 0 radical (unpaired) electrons. The lowest BCUT2D eigenvalue weighted by Gasteiger charge is -2.32. The summed E-state index contributed by atoms with van der Waals surface area (Å²) in [7, 11) is -0.692. The zero-order chi connectivity index (χ0) is 40.4. The van der Waals surface area contributed by atoms with Crippen LogP contribution in [0.15, 0.2) is 65.7 Å². The van der Waals surface area contributed by atoms with Crippen LogP contribution in [0.5, 0.6) is 11.5 Å². The third-order valence-corrected chi connectivity index (χ3v) is 11.2. The molecule has 1 fully saturated rings. The summed E-state index contributed by atoms with van der Waals surface area (Å²) in [5.74, 6) is -3.92. The lowest BCUT2D eigenvalue weighted by molar-refractivity contribution is -0.200. The number of amides is 2. The highest BCUT2D eigenvalue weighted by Crippen LogP contribution is 2.42. The van der Waals surface area contributed by atoms with E-state index in [1.807, 2.05) is 0 Å². The van der Waals surface area contributed by atoms with E-state index in [4.69, 9.17) is 15.2 Å². The zero-order valence-corrected chi connectivity index (χ0v) is 31.0. The molecular formula is C36H37F4N5O9S. The van der Waals surface area contributed by atoms with E-state index >= 15 is 4.39 Å². The van der Waals surface area contributed by atoms with Gasteiger partial charge in [0.1, 0.15) is 17.7 Å². The topological polar surface area (TPSA) is 180 Å². The van der Waals surface area contributed by atoms with Crippen LogP contribution in [0.1, 0.15) is 49.9 Å². The van der Waals surface area contributed by atoms with E-state index in [0.717, 1.165) is 31.4 Å². The molecule has 4 aromatic rings. The summed E-state index contributed by atoms with van der Waals surface area (Å²) in [4.78, 5) is 48.7. The van der Waals surface area contributed by atoms with Gasteiger partial charge in [0.05, 0.1) is 43.2 Å². The molecule has 1 aromatic heterocycles. The van der Waals surface area contributed by atoms with Crippen molar-refractivity contribution >= 4 is 55.8 Å². The Kier molecular flexibility index (Phi) is 11.6. The molecule has 294 valence electrons. The number of carbonyl (C=O) groups excluding carboxylic acids is 3. The molecule has 3 N–H and O–H groups in total. The maximum atomic E-state index is 16.0. The predicted molar refractivity (Wildman–Crippen MR) is 192 cm³/mol. The Morgan fingerprint density at radius 3 is 2.33 bits per heavy atom. The van der Waals surface area contributed by atoms with Crippen LogP contribution in [-0.4, -0.2) is 75.6 Å². The highest BCUT2D eigenvalue weighted by Gasteiger charge is 2.45. The Morgan fingerprint density at radius 2 is 1.69 bits per heavy atom. The second-order valence-electron chi connectivity index (χ2n) is 12.6. The van der Waals surface area contributed by atoms with Gasteiger partial charge >= 0.3 is 18.2 Å². The average molecular weight is 792 g/mol. The number of ether oxygens (including phenoxy) is 3. The zero-order valence-electron chi connectivity index (χ0n) is 30.1. The summed E-state index contributed by atoms with van der Waals surface area (Å²) in [6, 6.07) is 9.44. The number of hydrogen-bond donors (Lipinski definition) is 2. The summed E-state index contributed by atoms with van der Waals surface area (Å²) in [6.07, 6.45) is -5.10. The molecule has 0 bridgehead atoms. The van der Waals surface area contributed by atoms with Crippen molar-refractivity contribution < 1.29 is 59.4 Å². The molecule has 0 aliphatic carbocycles. The number of likely N-dealkylation sites (tertiary alicyclic amines) is 1. The third kappa shape index (κ3) is 8.15. The number of hydrogen-bond acceptors (Lipinski definition) is 12. The number of nitrogens with one attached hydrogen (secondary N) is 1. The van der Waals surface area contributed by atoms with Crippen molar-refractivity contribution in [3.05, 3.63) is 77.7 Å². The van der Waals surface area contributed by atoms with Crippen molar-refractivity contribution in [2.75, 3.05) is 44.0 Å². The van der Waals surface area contributed by atoms with Crippen LogP contribution in [0.2, 0.25) is 0 Å². The van der Waals surface area contributed by atoms with Crippen LogP contribution >= 0.6 is 0 Å². The Morgan fingerprint density at radius 1 is 1.00 bits per heavy atom. The van der Waals surface area contributed by atoms with Crippen LogP contribution in [0.4, 0.5) is 39.5 Å². The molecule has 2 atom stereocenters. The number of benzene rings is 3. The monoisotopic (exact) mass is 791 g/mol. The van der Waals surface area contributed by atoms with Gasteiger partial charge in [0.25, 0.3) is 0 Å². The fourth-order valence-corrected chi connectivity index (χ4v) is 7.48. The molecule has 1 saturated heterocycles. The van der Waals surface area contributed by atoms with Crippen molar-refractivity contribution in [1.29, 1.82) is 0 Å². The summed E-state index contributed by atoms with van der Waals surface area (Å²) in [5, 5.41) is 3.29. The highest BCUT2D eigenvalue weighted by atomic mass is 32.2. The van der Waals surface area contributed by atoms with E-state index in [2.05, 4.69) is 19.9 Å². The first kappa shape index (κ1) is 40.3. The second-order valence-corrected chi connectivity index (χ2v) is 15.1. The molecule has 2 heterocycles. The molecule has 55 heavy (non-hydrogen) atoms. The van der Waals surface area contributed by atoms with E-state index in [1.54, 1.807) is 24.3 Å². The number of halogens is 4. The normalized spacial score (nSPS) is 15.1. The van der Waals surface area contributed by atoms with Gasteiger partial charge in [-0.05, 0) is 86.2 Å². The van der Waals surface area contributed by atoms with Crippen molar-refractivity contribution in [1.82, 2.24) is 9.88 Å². The Hall–Kier alpha value is -5.85. The lowest BCUT2D eigenvalue weighted by Crippen LogP contribution is -2.39. The molecule has 19 heteroatoms. The minimum atomic E-state index is -5.51. The van der Waals surface area contributed by atoms with Crippen LogP contribution in [0.25, 0.3) is 10.8 Å². The highest BCUT2D eigenvalue weighted by molar-refractivity contribution is 7.92. The molecule has 14 nitrogen and oxygen atoms in total. The Labute approximate surface area is 313 Å². The first-order chi connectivity index (χ1) is 25.9. The van der Waals surface area contributed by atoms with Gasteiger partial charge in [0.2, 0.25) is 5.91 Å². The maximum Gasteiger partial charge on any atom is 0.493 e. The second kappa shape index (κ2) is 15.9. The number of anilines is 3. The number of nitrogens with two attached hydrogens (primary N) is 1. The summed E-state index contributed by atoms with van der Waals surface area (Å²) in [6.45, 7) is 2.85. The van der Waals surface area contributed by atoms with E-state index in [0.29, 0.717) is 22.9 Å². The van der Waals surface area contributed by atoms with Gasteiger partial charge in [-0.3, -0.25) is 4.79 Å².